The first kappa shape index (κ1) is 23.5. The molecule has 2 fully saturated rings. The van der Waals surface area contributed by atoms with Crippen molar-refractivity contribution in [3.8, 4) is 0 Å². The van der Waals surface area contributed by atoms with Gasteiger partial charge in [-0.25, -0.2) is 0 Å². The van der Waals surface area contributed by atoms with Crippen LogP contribution in [0.3, 0.4) is 0 Å². The van der Waals surface area contributed by atoms with E-state index in [0.29, 0.717) is 12.6 Å². The summed E-state index contributed by atoms with van der Waals surface area (Å²) in [5.41, 5.74) is 2.97. The molecule has 2 aliphatic rings. The molecule has 2 amide bonds. The van der Waals surface area contributed by atoms with Crippen LogP contribution in [0.25, 0.3) is 0 Å². The largest absolute Gasteiger partial charge is 0.339 e. The number of hydrogen-bond acceptors (Lipinski definition) is 4. The highest BCUT2D eigenvalue weighted by Gasteiger charge is 2.32. The van der Waals surface area contributed by atoms with Gasteiger partial charge in [0.2, 0.25) is 11.8 Å². The van der Waals surface area contributed by atoms with E-state index in [0.717, 1.165) is 62.4 Å². The van der Waals surface area contributed by atoms with Crippen LogP contribution in [0, 0.1) is 6.92 Å². The predicted molar refractivity (Wildman–Crippen MR) is 132 cm³/mol. The Kier molecular flexibility index (Phi) is 7.78. The number of carbonyl (C=O) groups excluding carboxylic acids is 2. The van der Waals surface area contributed by atoms with Gasteiger partial charge in [-0.1, -0.05) is 48.0 Å². The van der Waals surface area contributed by atoms with Gasteiger partial charge in [0.15, 0.2) is 0 Å². The molecule has 6 heteroatoms. The van der Waals surface area contributed by atoms with E-state index in [1.54, 1.807) is 0 Å². The van der Waals surface area contributed by atoms with E-state index in [2.05, 4.69) is 26.9 Å². The molecule has 2 atom stereocenters. The second-order valence-corrected chi connectivity index (χ2v) is 9.41. The quantitative estimate of drug-likeness (QED) is 0.732. The minimum absolute atomic E-state index is 0.0169. The van der Waals surface area contributed by atoms with Gasteiger partial charge in [0.25, 0.3) is 0 Å². The molecule has 2 aromatic carbocycles. The van der Waals surface area contributed by atoms with Gasteiger partial charge in [0, 0.05) is 44.5 Å². The normalized spacial score (nSPS) is 20.9. The summed E-state index contributed by atoms with van der Waals surface area (Å²) >= 11 is 0. The molecule has 2 unspecified atom stereocenters. The molecule has 2 heterocycles. The first-order valence-electron chi connectivity index (χ1n) is 12.2. The van der Waals surface area contributed by atoms with E-state index in [1.165, 1.54) is 6.42 Å². The zero-order chi connectivity index (χ0) is 23.2. The van der Waals surface area contributed by atoms with Crippen molar-refractivity contribution in [2.24, 2.45) is 0 Å². The monoisotopic (exact) mass is 448 g/mol. The number of hydrogen-bond donors (Lipinski definition) is 1. The predicted octanol–water partition coefficient (Wildman–Crippen LogP) is 3.69. The number of piperidine rings is 1. The first-order chi connectivity index (χ1) is 16.0. The molecule has 176 valence electrons. The summed E-state index contributed by atoms with van der Waals surface area (Å²) in [6, 6.07) is 17.9. The van der Waals surface area contributed by atoms with Gasteiger partial charge < -0.3 is 10.2 Å². The van der Waals surface area contributed by atoms with Gasteiger partial charge in [0.05, 0.1) is 6.54 Å². The van der Waals surface area contributed by atoms with Crippen LogP contribution in [-0.4, -0.2) is 71.8 Å². The summed E-state index contributed by atoms with van der Waals surface area (Å²) in [6.07, 6.45) is 3.43. The smallest absolute Gasteiger partial charge is 0.246 e. The Morgan fingerprint density at radius 3 is 2.30 bits per heavy atom. The number of likely N-dealkylation sites (tertiary alicyclic amines) is 1. The standard InChI is InChI=1S/C27H36N4O2/c1-21-11-13-24(14-12-21)28-27(33)26(23-9-4-3-5-10-23)30-18-16-29(17-19-30)20-25(32)31-15-7-6-8-22(31)2/h3-5,9-14,22,26H,6-8,15-20H2,1-2H3,(H,28,33). The zero-order valence-corrected chi connectivity index (χ0v) is 19.9. The summed E-state index contributed by atoms with van der Waals surface area (Å²) < 4.78 is 0. The molecule has 6 nitrogen and oxygen atoms in total. The van der Waals surface area contributed by atoms with Crippen LogP contribution in [0.4, 0.5) is 5.69 Å². The molecule has 4 rings (SSSR count). The number of nitrogens with zero attached hydrogens (tertiary/aromatic N) is 3. The van der Waals surface area contributed by atoms with Crippen molar-refractivity contribution >= 4 is 17.5 Å². The molecular formula is C27H36N4O2. The molecule has 0 radical (unpaired) electrons. The highest BCUT2D eigenvalue weighted by atomic mass is 16.2. The van der Waals surface area contributed by atoms with E-state index in [4.69, 9.17) is 0 Å². The second-order valence-electron chi connectivity index (χ2n) is 9.41. The maximum atomic E-state index is 13.4. The Hall–Kier alpha value is -2.70. The van der Waals surface area contributed by atoms with Gasteiger partial charge in [-0.2, -0.15) is 0 Å². The topological polar surface area (TPSA) is 55.9 Å². The van der Waals surface area contributed by atoms with Gasteiger partial charge in [0.1, 0.15) is 6.04 Å². The fraction of sp³-hybridized carbons (Fsp3) is 0.481. The maximum Gasteiger partial charge on any atom is 0.246 e. The Morgan fingerprint density at radius 2 is 1.64 bits per heavy atom. The van der Waals surface area contributed by atoms with Crippen molar-refractivity contribution in [1.29, 1.82) is 0 Å². The van der Waals surface area contributed by atoms with Crippen LogP contribution in [0.5, 0.6) is 0 Å². The Labute approximate surface area is 197 Å². The number of carbonyl (C=O) groups is 2. The molecule has 33 heavy (non-hydrogen) atoms. The van der Waals surface area contributed by atoms with Crippen LogP contribution >= 0.6 is 0 Å². The van der Waals surface area contributed by atoms with E-state index in [1.807, 2.05) is 61.5 Å². The Balaban J connectivity index is 1.39. The number of anilines is 1. The van der Waals surface area contributed by atoms with Gasteiger partial charge in [-0.15, -0.1) is 0 Å². The Bertz CT molecular complexity index is 923. The molecule has 0 saturated carbocycles. The average molecular weight is 449 g/mol. The molecule has 2 aromatic rings. The highest BCUT2D eigenvalue weighted by molar-refractivity contribution is 5.95. The average Bonchev–Trinajstić information content (AvgIpc) is 2.83. The number of nitrogens with one attached hydrogen (secondary N) is 1. The van der Waals surface area contributed by atoms with E-state index >= 15 is 0 Å². The van der Waals surface area contributed by atoms with Crippen LogP contribution in [0.15, 0.2) is 54.6 Å². The molecule has 0 aliphatic carbocycles. The van der Waals surface area contributed by atoms with Gasteiger partial charge in [-0.05, 0) is 50.8 Å². The molecular weight excluding hydrogens is 412 g/mol. The molecule has 0 spiro atoms. The zero-order valence-electron chi connectivity index (χ0n) is 19.9. The lowest BCUT2D eigenvalue weighted by atomic mass is 10.0. The van der Waals surface area contributed by atoms with Crippen molar-refractivity contribution in [3.05, 3.63) is 65.7 Å². The minimum Gasteiger partial charge on any atom is -0.339 e. The minimum atomic E-state index is -0.354. The van der Waals surface area contributed by atoms with E-state index in [9.17, 15) is 9.59 Å². The number of benzene rings is 2. The molecule has 0 aromatic heterocycles. The third kappa shape index (κ3) is 6.01. The fourth-order valence-corrected chi connectivity index (χ4v) is 4.94. The second kappa shape index (κ2) is 10.9. The highest BCUT2D eigenvalue weighted by Crippen LogP contribution is 2.25. The summed E-state index contributed by atoms with van der Waals surface area (Å²) in [7, 11) is 0. The fourth-order valence-electron chi connectivity index (χ4n) is 4.94. The van der Waals surface area contributed by atoms with Crippen LogP contribution in [0.1, 0.15) is 43.4 Å². The van der Waals surface area contributed by atoms with Crippen LogP contribution in [0.2, 0.25) is 0 Å². The lowest BCUT2D eigenvalue weighted by Crippen LogP contribution is -2.53. The lowest BCUT2D eigenvalue weighted by molar-refractivity contribution is -0.136. The number of aryl methyl sites for hydroxylation is 1. The number of amides is 2. The summed E-state index contributed by atoms with van der Waals surface area (Å²) in [4.78, 5) is 32.8. The third-order valence-electron chi connectivity index (χ3n) is 6.94. The summed E-state index contributed by atoms with van der Waals surface area (Å²) in [5, 5.41) is 3.10. The van der Waals surface area contributed by atoms with E-state index in [-0.39, 0.29) is 17.9 Å². The Morgan fingerprint density at radius 1 is 0.939 bits per heavy atom. The summed E-state index contributed by atoms with van der Waals surface area (Å²) in [6.45, 7) is 8.64. The molecule has 0 bridgehead atoms. The van der Waals surface area contributed by atoms with Crippen molar-refractivity contribution in [2.75, 3.05) is 44.6 Å². The van der Waals surface area contributed by atoms with Crippen molar-refractivity contribution in [1.82, 2.24) is 14.7 Å². The van der Waals surface area contributed by atoms with Gasteiger partial charge in [-0.3, -0.25) is 19.4 Å². The van der Waals surface area contributed by atoms with Crippen LogP contribution in [-0.2, 0) is 9.59 Å². The number of rotatable bonds is 6. The maximum absolute atomic E-state index is 13.4. The molecule has 1 N–H and O–H groups in total. The third-order valence-corrected chi connectivity index (χ3v) is 6.94. The van der Waals surface area contributed by atoms with Crippen LogP contribution < -0.4 is 5.32 Å². The van der Waals surface area contributed by atoms with Gasteiger partial charge >= 0.3 is 0 Å². The SMILES string of the molecule is Cc1ccc(NC(=O)C(c2ccccc2)N2CCN(CC(=O)N3CCCCC3C)CC2)cc1. The van der Waals surface area contributed by atoms with Crippen molar-refractivity contribution in [2.45, 2.75) is 45.2 Å². The molecule has 2 saturated heterocycles. The van der Waals surface area contributed by atoms with Crippen molar-refractivity contribution in [3.63, 3.8) is 0 Å². The molecule has 2 aliphatic heterocycles. The van der Waals surface area contributed by atoms with E-state index < -0.39 is 0 Å². The first-order valence-corrected chi connectivity index (χ1v) is 12.2. The lowest BCUT2D eigenvalue weighted by Gasteiger charge is -2.40. The number of piperazine rings is 1. The summed E-state index contributed by atoms with van der Waals surface area (Å²) in [5.74, 6) is 0.226. The van der Waals surface area contributed by atoms with Crippen molar-refractivity contribution < 1.29 is 9.59 Å².